The van der Waals surface area contributed by atoms with Gasteiger partial charge in [-0.15, -0.1) is 0 Å². The molecule has 4 N–H and O–H groups in total. The maximum atomic E-state index is 12.6. The number of aromatic hydroxyl groups is 1. The van der Waals surface area contributed by atoms with Gasteiger partial charge < -0.3 is 25.7 Å². The average molecular weight is 412 g/mol. The van der Waals surface area contributed by atoms with Crippen molar-refractivity contribution >= 4 is 17.8 Å². The van der Waals surface area contributed by atoms with Gasteiger partial charge in [0.2, 0.25) is 0 Å². The third-order valence-corrected chi connectivity index (χ3v) is 5.23. The lowest BCUT2D eigenvalue weighted by Gasteiger charge is -2.21. The van der Waals surface area contributed by atoms with E-state index in [2.05, 4.69) is 15.6 Å². The summed E-state index contributed by atoms with van der Waals surface area (Å²) in [4.78, 5) is 29.8. The molecule has 1 atom stereocenters. The standard InChI is InChI=1S/C22H28N4O4/c27-18-6-7-19-16(14-21(28)29)8-12-26(15-17(19)13-18)22(30)25-11-4-3-10-24-20-5-1-2-9-23-20/h1-2,5-7,9,13,16,27H,3-4,8,10-12,14-15H2,(H,23,24)(H,25,30)(H,28,29). The van der Waals surface area contributed by atoms with Crippen molar-refractivity contribution < 1.29 is 19.8 Å². The highest BCUT2D eigenvalue weighted by molar-refractivity contribution is 5.74. The fraction of sp³-hybridized carbons (Fsp3) is 0.409. The second-order valence-electron chi connectivity index (χ2n) is 7.47. The number of aliphatic carboxylic acids is 1. The Labute approximate surface area is 175 Å². The highest BCUT2D eigenvalue weighted by Gasteiger charge is 2.26. The van der Waals surface area contributed by atoms with Gasteiger partial charge in [-0.25, -0.2) is 9.78 Å². The molecule has 0 radical (unpaired) electrons. The molecule has 160 valence electrons. The Morgan fingerprint density at radius 1 is 1.17 bits per heavy atom. The molecule has 0 spiro atoms. The van der Waals surface area contributed by atoms with E-state index in [0.717, 1.165) is 36.3 Å². The number of aromatic nitrogens is 1. The minimum Gasteiger partial charge on any atom is -0.508 e. The number of rotatable bonds is 8. The topological polar surface area (TPSA) is 115 Å². The van der Waals surface area contributed by atoms with Gasteiger partial charge in [0, 0.05) is 32.4 Å². The van der Waals surface area contributed by atoms with Gasteiger partial charge in [0.15, 0.2) is 0 Å². The number of phenols is 1. The Balaban J connectivity index is 1.48. The number of hydrogen-bond acceptors (Lipinski definition) is 5. The van der Waals surface area contributed by atoms with E-state index < -0.39 is 5.97 Å². The molecular formula is C22H28N4O4. The summed E-state index contributed by atoms with van der Waals surface area (Å²) in [5, 5.41) is 25.2. The Bertz CT molecular complexity index is 859. The zero-order valence-electron chi connectivity index (χ0n) is 16.9. The zero-order chi connectivity index (χ0) is 21.3. The van der Waals surface area contributed by atoms with Crippen molar-refractivity contribution in [3.05, 3.63) is 53.7 Å². The average Bonchev–Trinajstić information content (AvgIpc) is 2.90. The molecule has 1 aliphatic heterocycles. The maximum Gasteiger partial charge on any atom is 0.317 e. The summed E-state index contributed by atoms with van der Waals surface area (Å²) < 4.78 is 0. The minimum absolute atomic E-state index is 0.0104. The monoisotopic (exact) mass is 412 g/mol. The van der Waals surface area contributed by atoms with E-state index in [1.165, 1.54) is 0 Å². The summed E-state index contributed by atoms with van der Waals surface area (Å²) in [6.45, 7) is 2.16. The van der Waals surface area contributed by atoms with Crippen LogP contribution < -0.4 is 10.6 Å². The van der Waals surface area contributed by atoms with Crippen LogP contribution in [-0.4, -0.2) is 51.7 Å². The van der Waals surface area contributed by atoms with Crippen molar-refractivity contribution in [1.82, 2.24) is 15.2 Å². The van der Waals surface area contributed by atoms with E-state index in [1.54, 1.807) is 29.3 Å². The van der Waals surface area contributed by atoms with Crippen molar-refractivity contribution in [2.75, 3.05) is 25.0 Å². The summed E-state index contributed by atoms with van der Waals surface area (Å²) in [5.74, 6) is -0.0840. The van der Waals surface area contributed by atoms with E-state index in [0.29, 0.717) is 26.1 Å². The lowest BCUT2D eigenvalue weighted by Crippen LogP contribution is -2.40. The highest BCUT2D eigenvalue weighted by Crippen LogP contribution is 2.33. The lowest BCUT2D eigenvalue weighted by molar-refractivity contribution is -0.137. The largest absolute Gasteiger partial charge is 0.508 e. The van der Waals surface area contributed by atoms with Crippen LogP contribution in [0.1, 0.15) is 42.7 Å². The molecule has 3 rings (SSSR count). The number of fused-ring (bicyclic) bond motifs is 1. The van der Waals surface area contributed by atoms with Gasteiger partial charge in [-0.2, -0.15) is 0 Å². The van der Waals surface area contributed by atoms with Gasteiger partial charge in [-0.1, -0.05) is 12.1 Å². The number of nitrogens with zero attached hydrogens (tertiary/aromatic N) is 2. The Morgan fingerprint density at radius 2 is 2.00 bits per heavy atom. The molecule has 2 aromatic rings. The molecule has 0 bridgehead atoms. The molecule has 0 saturated carbocycles. The van der Waals surface area contributed by atoms with Crippen LogP contribution in [0.2, 0.25) is 0 Å². The third kappa shape index (κ3) is 6.10. The number of carbonyl (C=O) groups excluding carboxylic acids is 1. The summed E-state index contributed by atoms with van der Waals surface area (Å²) >= 11 is 0. The highest BCUT2D eigenvalue weighted by atomic mass is 16.4. The number of carbonyl (C=O) groups is 2. The predicted octanol–water partition coefficient (Wildman–Crippen LogP) is 3.15. The lowest BCUT2D eigenvalue weighted by atomic mass is 9.90. The fourth-order valence-corrected chi connectivity index (χ4v) is 3.72. The first kappa shape index (κ1) is 21.4. The van der Waals surface area contributed by atoms with Crippen molar-refractivity contribution in [3.63, 3.8) is 0 Å². The van der Waals surface area contributed by atoms with E-state index in [-0.39, 0.29) is 24.1 Å². The number of unbranched alkanes of at least 4 members (excludes halogenated alkanes) is 1. The summed E-state index contributed by atoms with van der Waals surface area (Å²) in [6.07, 6.45) is 4.05. The molecule has 1 aromatic carbocycles. The van der Waals surface area contributed by atoms with Crippen LogP contribution in [-0.2, 0) is 11.3 Å². The quantitative estimate of drug-likeness (QED) is 0.495. The van der Waals surface area contributed by atoms with Gasteiger partial charge in [-0.3, -0.25) is 4.79 Å². The summed E-state index contributed by atoms with van der Waals surface area (Å²) in [5.41, 5.74) is 1.69. The van der Waals surface area contributed by atoms with Crippen molar-refractivity contribution in [3.8, 4) is 5.75 Å². The van der Waals surface area contributed by atoms with Crippen LogP contribution in [0.25, 0.3) is 0 Å². The van der Waals surface area contributed by atoms with Gasteiger partial charge in [0.25, 0.3) is 0 Å². The number of anilines is 1. The normalized spacial score (nSPS) is 15.7. The molecule has 0 fully saturated rings. The molecule has 8 heteroatoms. The number of carboxylic acids is 1. The van der Waals surface area contributed by atoms with E-state index >= 15 is 0 Å². The molecule has 2 amide bonds. The molecule has 1 unspecified atom stereocenters. The number of benzene rings is 1. The minimum atomic E-state index is -0.865. The Morgan fingerprint density at radius 3 is 2.77 bits per heavy atom. The molecule has 1 aliphatic rings. The number of carboxylic acid groups (broad SMARTS) is 1. The second-order valence-corrected chi connectivity index (χ2v) is 7.47. The molecule has 2 heterocycles. The summed E-state index contributed by atoms with van der Waals surface area (Å²) in [7, 11) is 0. The van der Waals surface area contributed by atoms with Gasteiger partial charge >= 0.3 is 12.0 Å². The van der Waals surface area contributed by atoms with Crippen LogP contribution in [0.5, 0.6) is 5.75 Å². The Kier molecular flexibility index (Phi) is 7.48. The molecule has 30 heavy (non-hydrogen) atoms. The van der Waals surface area contributed by atoms with Crippen molar-refractivity contribution in [1.29, 1.82) is 0 Å². The fourth-order valence-electron chi connectivity index (χ4n) is 3.72. The van der Waals surface area contributed by atoms with Crippen molar-refractivity contribution in [2.24, 2.45) is 0 Å². The van der Waals surface area contributed by atoms with Gasteiger partial charge in [-0.05, 0) is 60.6 Å². The van der Waals surface area contributed by atoms with E-state index in [9.17, 15) is 19.8 Å². The van der Waals surface area contributed by atoms with Crippen LogP contribution >= 0.6 is 0 Å². The second kappa shape index (κ2) is 10.5. The first-order valence-electron chi connectivity index (χ1n) is 10.2. The maximum absolute atomic E-state index is 12.6. The molecule has 0 saturated heterocycles. The number of pyridine rings is 1. The number of nitrogens with one attached hydrogen (secondary N) is 2. The molecule has 1 aromatic heterocycles. The Hall–Kier alpha value is -3.29. The predicted molar refractivity (Wildman–Crippen MR) is 113 cm³/mol. The number of phenolic OH excluding ortho intramolecular Hbond substituents is 1. The summed E-state index contributed by atoms with van der Waals surface area (Å²) in [6, 6.07) is 10.5. The smallest absolute Gasteiger partial charge is 0.317 e. The van der Waals surface area contributed by atoms with Crippen molar-refractivity contribution in [2.45, 2.75) is 38.1 Å². The first-order valence-corrected chi connectivity index (χ1v) is 10.2. The number of hydrogen-bond donors (Lipinski definition) is 4. The van der Waals surface area contributed by atoms with Crippen LogP contribution in [0.15, 0.2) is 42.6 Å². The number of urea groups is 1. The van der Waals surface area contributed by atoms with E-state index in [1.807, 2.05) is 18.2 Å². The third-order valence-electron chi connectivity index (χ3n) is 5.23. The van der Waals surface area contributed by atoms with Gasteiger partial charge in [0.1, 0.15) is 11.6 Å². The van der Waals surface area contributed by atoms with Gasteiger partial charge in [0.05, 0.1) is 6.42 Å². The zero-order valence-corrected chi connectivity index (χ0v) is 16.9. The van der Waals surface area contributed by atoms with Crippen LogP contribution in [0, 0.1) is 0 Å². The van der Waals surface area contributed by atoms with Crippen LogP contribution in [0.4, 0.5) is 10.6 Å². The molecular weight excluding hydrogens is 384 g/mol. The van der Waals surface area contributed by atoms with E-state index in [4.69, 9.17) is 0 Å². The molecule has 8 nitrogen and oxygen atoms in total. The van der Waals surface area contributed by atoms with Crippen LogP contribution in [0.3, 0.4) is 0 Å². The molecule has 0 aliphatic carbocycles. The number of amides is 2. The first-order chi connectivity index (χ1) is 14.5. The SMILES string of the molecule is O=C(O)CC1CCN(C(=O)NCCCCNc2ccccn2)Cc2cc(O)ccc21.